The van der Waals surface area contributed by atoms with Crippen molar-refractivity contribution in [2.45, 2.75) is 43.9 Å². The summed E-state index contributed by atoms with van der Waals surface area (Å²) in [4.78, 5) is 15.5. The van der Waals surface area contributed by atoms with Crippen LogP contribution in [0.1, 0.15) is 43.6 Å². The minimum absolute atomic E-state index is 0.359. The van der Waals surface area contributed by atoms with Crippen LogP contribution in [0.4, 0.5) is 4.79 Å². The summed E-state index contributed by atoms with van der Waals surface area (Å²) >= 11 is 1.46. The maximum Gasteiger partial charge on any atom is 0.412 e. The van der Waals surface area contributed by atoms with E-state index in [1.807, 2.05) is 97.3 Å². The van der Waals surface area contributed by atoms with Gasteiger partial charge < -0.3 is 9.84 Å². The van der Waals surface area contributed by atoms with Crippen LogP contribution in [0.2, 0.25) is 0 Å². The Balaban J connectivity index is 1.92. The van der Waals surface area contributed by atoms with Gasteiger partial charge in [-0.2, -0.15) is 0 Å². The van der Waals surface area contributed by atoms with Crippen LogP contribution >= 0.6 is 11.8 Å². The molecular weight excluding hydrogens is 430 g/mol. The highest BCUT2D eigenvalue weighted by molar-refractivity contribution is 7.99. The lowest BCUT2D eigenvalue weighted by molar-refractivity contribution is 0.0182. The highest BCUT2D eigenvalue weighted by Gasteiger charge is 2.62. The number of benzene rings is 3. The van der Waals surface area contributed by atoms with Crippen molar-refractivity contribution < 1.29 is 14.6 Å². The van der Waals surface area contributed by atoms with E-state index in [0.29, 0.717) is 0 Å². The molecule has 0 aromatic heterocycles. The van der Waals surface area contributed by atoms with Crippen molar-refractivity contribution in [3.05, 3.63) is 108 Å². The average molecular weight is 462 g/mol. The summed E-state index contributed by atoms with van der Waals surface area (Å²) in [5.74, 6) is 0. The Labute approximate surface area is 200 Å². The molecule has 1 fully saturated rings. The van der Waals surface area contributed by atoms with E-state index in [-0.39, 0.29) is 11.5 Å². The summed E-state index contributed by atoms with van der Waals surface area (Å²) in [5, 5.41) is 10.9. The number of carbonyl (C=O) groups excluding carboxylic acids is 1. The molecule has 0 spiro atoms. The van der Waals surface area contributed by atoms with E-state index >= 15 is 0 Å². The average Bonchev–Trinajstić information content (AvgIpc) is 3.15. The Morgan fingerprint density at radius 1 is 0.879 bits per heavy atom. The quantitative estimate of drug-likeness (QED) is 0.473. The van der Waals surface area contributed by atoms with Crippen molar-refractivity contribution in [3.8, 4) is 0 Å². The first-order chi connectivity index (χ1) is 15.8. The highest BCUT2D eigenvalue weighted by atomic mass is 32.2. The third kappa shape index (κ3) is 4.16. The SMILES string of the molecule is CS[C@@H]([C@@H](O)c1ccccc1)N1C(=O)OC(c2ccccc2)(c2ccccc2)[C@@H]1C(C)(C)C. The molecule has 1 heterocycles. The first kappa shape index (κ1) is 23.4. The van der Waals surface area contributed by atoms with Gasteiger partial charge in [-0.25, -0.2) is 4.79 Å². The standard InChI is InChI=1S/C28H31NO3S/c1-27(2,3)25-28(21-16-10-6-11-17-21,22-18-12-7-13-19-22)32-26(31)29(25)24(33-4)23(30)20-14-8-5-9-15-20/h5-19,23-25,30H,1-4H3/t23-,24-,25-/m0/s1. The number of thioether (sulfide) groups is 1. The van der Waals surface area contributed by atoms with E-state index < -0.39 is 23.2 Å². The Morgan fingerprint density at radius 2 is 1.33 bits per heavy atom. The zero-order valence-electron chi connectivity index (χ0n) is 19.5. The minimum atomic E-state index is -1.01. The molecule has 1 saturated heterocycles. The van der Waals surface area contributed by atoms with Crippen molar-refractivity contribution in [2.75, 3.05) is 6.26 Å². The van der Waals surface area contributed by atoms with Crippen molar-refractivity contribution in [1.82, 2.24) is 4.90 Å². The molecule has 1 aliphatic rings. The number of nitrogens with zero attached hydrogens (tertiary/aromatic N) is 1. The molecule has 4 nitrogen and oxygen atoms in total. The smallest absolute Gasteiger partial charge is 0.412 e. The van der Waals surface area contributed by atoms with Crippen LogP contribution in [-0.4, -0.2) is 33.8 Å². The first-order valence-electron chi connectivity index (χ1n) is 11.2. The monoisotopic (exact) mass is 461 g/mol. The molecule has 0 saturated carbocycles. The van der Waals surface area contributed by atoms with Crippen LogP contribution in [0.15, 0.2) is 91.0 Å². The molecule has 33 heavy (non-hydrogen) atoms. The van der Waals surface area contributed by atoms with Gasteiger partial charge in [-0.05, 0) is 17.2 Å². The van der Waals surface area contributed by atoms with E-state index in [1.165, 1.54) is 11.8 Å². The van der Waals surface area contributed by atoms with Gasteiger partial charge in [0.2, 0.25) is 0 Å². The maximum absolute atomic E-state index is 13.7. The lowest BCUT2D eigenvalue weighted by Crippen LogP contribution is -2.55. The van der Waals surface area contributed by atoms with Gasteiger partial charge in [0.1, 0.15) is 11.5 Å². The molecule has 172 valence electrons. The van der Waals surface area contributed by atoms with Gasteiger partial charge in [-0.3, -0.25) is 4.90 Å². The number of ether oxygens (including phenoxy) is 1. The number of hydrogen-bond acceptors (Lipinski definition) is 4. The number of hydrogen-bond donors (Lipinski definition) is 1. The van der Waals surface area contributed by atoms with Crippen LogP contribution in [0, 0.1) is 5.41 Å². The van der Waals surface area contributed by atoms with Gasteiger partial charge in [-0.15, -0.1) is 11.8 Å². The van der Waals surface area contributed by atoms with Crippen LogP contribution in [0.3, 0.4) is 0 Å². The molecule has 1 N–H and O–H groups in total. The summed E-state index contributed by atoms with van der Waals surface area (Å²) in [7, 11) is 0. The van der Waals surface area contributed by atoms with Gasteiger partial charge in [-0.1, -0.05) is 112 Å². The number of carbonyl (C=O) groups is 1. The topological polar surface area (TPSA) is 49.8 Å². The van der Waals surface area contributed by atoms with E-state index in [1.54, 1.807) is 4.90 Å². The normalized spacial score (nSPS) is 19.7. The molecule has 0 radical (unpaired) electrons. The fourth-order valence-corrected chi connectivity index (χ4v) is 5.86. The molecule has 4 rings (SSSR count). The molecule has 3 aromatic carbocycles. The van der Waals surface area contributed by atoms with Gasteiger partial charge in [0.15, 0.2) is 5.60 Å². The van der Waals surface area contributed by atoms with E-state index in [4.69, 9.17) is 4.74 Å². The Bertz CT molecular complexity index is 1030. The third-order valence-corrected chi connectivity index (χ3v) is 7.24. The summed E-state index contributed by atoms with van der Waals surface area (Å²) < 4.78 is 6.40. The van der Waals surface area contributed by atoms with Crippen LogP contribution in [0.25, 0.3) is 0 Å². The summed E-state index contributed by atoms with van der Waals surface area (Å²) in [6.45, 7) is 6.37. The van der Waals surface area contributed by atoms with Crippen LogP contribution in [-0.2, 0) is 10.3 Å². The Kier molecular flexibility index (Phi) is 6.55. The molecule has 0 unspecified atom stereocenters. The number of aliphatic hydroxyl groups is 1. The van der Waals surface area contributed by atoms with Crippen molar-refractivity contribution in [3.63, 3.8) is 0 Å². The molecule has 5 heteroatoms. The zero-order valence-corrected chi connectivity index (χ0v) is 20.3. The van der Waals surface area contributed by atoms with Gasteiger partial charge >= 0.3 is 6.09 Å². The van der Waals surface area contributed by atoms with Gasteiger partial charge in [0, 0.05) is 11.1 Å². The van der Waals surface area contributed by atoms with E-state index in [0.717, 1.165) is 16.7 Å². The Hall–Kier alpha value is -2.76. The second kappa shape index (κ2) is 9.24. The fraction of sp³-hybridized carbons (Fsp3) is 0.321. The number of cyclic esters (lactones) is 1. The lowest BCUT2D eigenvalue weighted by Gasteiger charge is -2.45. The maximum atomic E-state index is 13.7. The largest absolute Gasteiger partial charge is 0.431 e. The number of amides is 1. The zero-order chi connectivity index (χ0) is 23.6. The number of aliphatic hydroxyl groups excluding tert-OH is 1. The second-order valence-corrected chi connectivity index (χ2v) is 10.4. The number of rotatable bonds is 6. The molecule has 0 aliphatic carbocycles. The Morgan fingerprint density at radius 3 is 1.76 bits per heavy atom. The minimum Gasteiger partial charge on any atom is -0.431 e. The molecule has 3 atom stereocenters. The van der Waals surface area contributed by atoms with Crippen molar-refractivity contribution >= 4 is 17.9 Å². The molecule has 3 aromatic rings. The van der Waals surface area contributed by atoms with Gasteiger partial charge in [0.05, 0.1) is 6.04 Å². The van der Waals surface area contributed by atoms with Crippen LogP contribution in [0.5, 0.6) is 0 Å². The predicted octanol–water partition coefficient (Wildman–Crippen LogP) is 6.22. The highest BCUT2D eigenvalue weighted by Crippen LogP contribution is 2.53. The van der Waals surface area contributed by atoms with E-state index in [2.05, 4.69) is 20.8 Å². The van der Waals surface area contributed by atoms with E-state index in [9.17, 15) is 9.90 Å². The summed E-state index contributed by atoms with van der Waals surface area (Å²) in [6, 6.07) is 29.0. The lowest BCUT2D eigenvalue weighted by atomic mass is 9.69. The molecule has 1 amide bonds. The first-order valence-corrected chi connectivity index (χ1v) is 12.5. The fourth-order valence-electron chi connectivity index (χ4n) is 5.01. The third-order valence-electron chi connectivity index (χ3n) is 6.27. The molecule has 1 aliphatic heterocycles. The molecular formula is C28H31NO3S. The summed E-state index contributed by atoms with van der Waals surface area (Å²) in [6.07, 6.45) is 0.646. The molecule has 0 bridgehead atoms. The van der Waals surface area contributed by atoms with Crippen LogP contribution < -0.4 is 0 Å². The van der Waals surface area contributed by atoms with Gasteiger partial charge in [0.25, 0.3) is 0 Å². The van der Waals surface area contributed by atoms with Crippen molar-refractivity contribution in [1.29, 1.82) is 0 Å². The van der Waals surface area contributed by atoms with Crippen molar-refractivity contribution in [2.24, 2.45) is 5.41 Å². The summed E-state index contributed by atoms with van der Waals surface area (Å²) in [5.41, 5.74) is 1.24. The second-order valence-electron chi connectivity index (χ2n) is 9.49. The predicted molar refractivity (Wildman–Crippen MR) is 134 cm³/mol.